The Balaban J connectivity index is 1.16. The van der Waals surface area contributed by atoms with Crippen LogP contribution in [0.25, 0.3) is 44.6 Å². The van der Waals surface area contributed by atoms with Crippen LogP contribution in [0, 0.1) is 0 Å². The second kappa shape index (κ2) is 8.68. The Kier molecular flexibility index (Phi) is 5.05. The highest BCUT2D eigenvalue weighted by atomic mass is 15.0. The fourth-order valence-corrected chi connectivity index (χ4v) is 4.98. The van der Waals surface area contributed by atoms with Gasteiger partial charge in [0.1, 0.15) is 17.5 Å². The molecular formula is C29H27N7. The van der Waals surface area contributed by atoms with E-state index in [1.54, 1.807) is 0 Å². The van der Waals surface area contributed by atoms with Gasteiger partial charge in [-0.1, -0.05) is 36.4 Å². The monoisotopic (exact) mass is 473 g/mol. The van der Waals surface area contributed by atoms with Crippen LogP contribution in [0.1, 0.15) is 24.0 Å². The largest absolute Gasteiger partial charge is 0.370 e. The molecule has 178 valence electrons. The molecule has 36 heavy (non-hydrogen) atoms. The number of aromatic nitrogens is 3. The van der Waals surface area contributed by atoms with Crippen LogP contribution in [-0.4, -0.2) is 52.8 Å². The molecule has 0 unspecified atom stereocenters. The molecule has 2 aromatic heterocycles. The summed E-state index contributed by atoms with van der Waals surface area (Å²) in [5.41, 5.74) is 8.62. The summed E-state index contributed by atoms with van der Waals surface area (Å²) in [5, 5.41) is 7.99. The molecule has 0 saturated carbocycles. The number of amidine groups is 2. The fourth-order valence-electron chi connectivity index (χ4n) is 4.98. The van der Waals surface area contributed by atoms with Gasteiger partial charge < -0.3 is 20.6 Å². The Morgan fingerprint density at radius 2 is 1.22 bits per heavy atom. The van der Waals surface area contributed by atoms with E-state index in [1.807, 2.05) is 0 Å². The number of benzene rings is 3. The van der Waals surface area contributed by atoms with Crippen LogP contribution in [-0.2, 0) is 0 Å². The molecule has 7 nitrogen and oxygen atoms in total. The van der Waals surface area contributed by atoms with Crippen LogP contribution < -0.4 is 10.6 Å². The molecule has 0 amide bonds. The molecular weight excluding hydrogens is 446 g/mol. The maximum Gasteiger partial charge on any atom is 0.138 e. The summed E-state index contributed by atoms with van der Waals surface area (Å²) >= 11 is 0. The van der Waals surface area contributed by atoms with Crippen molar-refractivity contribution in [3.05, 3.63) is 77.9 Å². The van der Waals surface area contributed by atoms with Gasteiger partial charge in [0.05, 0.1) is 11.0 Å². The molecule has 0 atom stereocenters. The molecule has 2 aliphatic heterocycles. The van der Waals surface area contributed by atoms with Crippen molar-refractivity contribution >= 4 is 33.6 Å². The van der Waals surface area contributed by atoms with Crippen molar-refractivity contribution in [1.82, 2.24) is 25.6 Å². The van der Waals surface area contributed by atoms with E-state index >= 15 is 0 Å². The number of nitrogens with one attached hydrogen (secondary N) is 4. The van der Waals surface area contributed by atoms with Gasteiger partial charge in [-0.3, -0.25) is 9.98 Å². The maximum absolute atomic E-state index is 4.82. The van der Waals surface area contributed by atoms with Gasteiger partial charge >= 0.3 is 0 Å². The summed E-state index contributed by atoms with van der Waals surface area (Å²) in [5.74, 6) is 2.83. The normalized spacial score (nSPS) is 15.9. The summed E-state index contributed by atoms with van der Waals surface area (Å²) in [6, 6.07) is 23.5. The number of aromatic amines is 2. The van der Waals surface area contributed by atoms with Gasteiger partial charge in [0, 0.05) is 59.5 Å². The minimum atomic E-state index is 0.870. The number of aliphatic imine (C=N–C) groups is 2. The van der Waals surface area contributed by atoms with E-state index in [0.29, 0.717) is 0 Å². The Morgan fingerprint density at radius 3 is 1.92 bits per heavy atom. The zero-order chi connectivity index (χ0) is 23.9. The average molecular weight is 474 g/mol. The zero-order valence-electron chi connectivity index (χ0n) is 19.9. The van der Waals surface area contributed by atoms with Crippen LogP contribution >= 0.6 is 0 Å². The van der Waals surface area contributed by atoms with Crippen molar-refractivity contribution in [2.45, 2.75) is 12.8 Å². The number of H-pyrrole nitrogens is 2. The standard InChI is InChI=1S/C29H27N7/c1-11-30-27(31-12-1)21-8-7-20-15-24(34-25(20)16-21)18-3-5-19(6-4-18)29-35-23-10-9-22(17-26(23)36-29)28-32-13-2-14-33-28/h3-10,15-17,34H,1-2,11-14H2,(H,30,31)(H,32,33)(H,35,36). The van der Waals surface area contributed by atoms with Crippen molar-refractivity contribution in [2.24, 2.45) is 9.98 Å². The Bertz CT molecular complexity index is 1510. The van der Waals surface area contributed by atoms with Crippen LogP contribution in [0.4, 0.5) is 0 Å². The lowest BCUT2D eigenvalue weighted by Crippen LogP contribution is -2.30. The molecule has 4 heterocycles. The highest BCUT2D eigenvalue weighted by Crippen LogP contribution is 2.28. The van der Waals surface area contributed by atoms with Gasteiger partial charge in [-0.05, 0) is 48.7 Å². The van der Waals surface area contributed by atoms with E-state index < -0.39 is 0 Å². The first-order valence-electron chi connectivity index (χ1n) is 12.6. The summed E-state index contributed by atoms with van der Waals surface area (Å²) in [6.45, 7) is 3.73. The number of nitrogens with zero attached hydrogens (tertiary/aromatic N) is 3. The first-order chi connectivity index (χ1) is 17.8. The van der Waals surface area contributed by atoms with Gasteiger partial charge in [-0.25, -0.2) is 4.98 Å². The summed E-state index contributed by atoms with van der Waals surface area (Å²) in [6.07, 6.45) is 2.18. The minimum Gasteiger partial charge on any atom is -0.370 e. The Hall–Kier alpha value is -4.39. The van der Waals surface area contributed by atoms with Crippen LogP contribution in [0.3, 0.4) is 0 Å². The molecule has 3 aromatic carbocycles. The third kappa shape index (κ3) is 3.82. The van der Waals surface area contributed by atoms with Crippen molar-refractivity contribution in [3.63, 3.8) is 0 Å². The number of hydrogen-bond donors (Lipinski definition) is 4. The molecule has 7 rings (SSSR count). The molecule has 7 heteroatoms. The lowest BCUT2D eigenvalue weighted by Gasteiger charge is -2.14. The topological polar surface area (TPSA) is 93.2 Å². The van der Waals surface area contributed by atoms with E-state index in [0.717, 1.165) is 101 Å². The molecule has 0 bridgehead atoms. The van der Waals surface area contributed by atoms with Gasteiger partial charge in [-0.2, -0.15) is 0 Å². The molecule has 0 saturated heterocycles. The second-order valence-electron chi connectivity index (χ2n) is 9.40. The van der Waals surface area contributed by atoms with Crippen molar-refractivity contribution in [3.8, 4) is 22.6 Å². The average Bonchev–Trinajstić information content (AvgIpc) is 3.58. The van der Waals surface area contributed by atoms with Crippen LogP contribution in [0.15, 0.2) is 76.7 Å². The quantitative estimate of drug-likeness (QED) is 0.300. The van der Waals surface area contributed by atoms with E-state index in [1.165, 1.54) is 5.39 Å². The molecule has 0 radical (unpaired) electrons. The SMILES string of the molecule is c1cc2cc(-c3ccc(-c4nc5ccc(C6=NCCCN6)cc5[nH]4)cc3)[nH]c2cc1C1=NCCCN1. The number of rotatable bonds is 4. The third-order valence-electron chi connectivity index (χ3n) is 6.92. The molecule has 2 aliphatic rings. The second-order valence-corrected chi connectivity index (χ2v) is 9.40. The predicted molar refractivity (Wildman–Crippen MR) is 147 cm³/mol. The molecule has 0 aliphatic carbocycles. The van der Waals surface area contributed by atoms with Crippen LogP contribution in [0.5, 0.6) is 0 Å². The van der Waals surface area contributed by atoms with E-state index in [-0.39, 0.29) is 0 Å². The predicted octanol–water partition coefficient (Wildman–Crippen LogP) is 4.86. The maximum atomic E-state index is 4.82. The first kappa shape index (κ1) is 20.9. The molecule has 5 aromatic rings. The molecule has 0 fully saturated rings. The zero-order valence-corrected chi connectivity index (χ0v) is 19.9. The number of imidazole rings is 1. The van der Waals surface area contributed by atoms with Crippen molar-refractivity contribution in [1.29, 1.82) is 0 Å². The molecule has 0 spiro atoms. The lowest BCUT2D eigenvalue weighted by atomic mass is 10.1. The molecule has 4 N–H and O–H groups in total. The number of fused-ring (bicyclic) bond motifs is 2. The van der Waals surface area contributed by atoms with E-state index in [4.69, 9.17) is 4.98 Å². The third-order valence-corrected chi connectivity index (χ3v) is 6.92. The fraction of sp³-hybridized carbons (Fsp3) is 0.207. The minimum absolute atomic E-state index is 0.870. The van der Waals surface area contributed by atoms with Gasteiger partial charge in [0.15, 0.2) is 0 Å². The highest BCUT2D eigenvalue weighted by molar-refractivity contribution is 6.03. The Labute approximate surface area is 208 Å². The summed E-state index contributed by atoms with van der Waals surface area (Å²) in [4.78, 5) is 21.1. The van der Waals surface area contributed by atoms with Crippen LogP contribution in [0.2, 0.25) is 0 Å². The smallest absolute Gasteiger partial charge is 0.138 e. The van der Waals surface area contributed by atoms with Gasteiger partial charge in [0.2, 0.25) is 0 Å². The van der Waals surface area contributed by atoms with E-state index in [9.17, 15) is 0 Å². The van der Waals surface area contributed by atoms with Crippen molar-refractivity contribution in [2.75, 3.05) is 26.2 Å². The first-order valence-corrected chi connectivity index (χ1v) is 12.6. The van der Waals surface area contributed by atoms with Gasteiger partial charge in [-0.15, -0.1) is 0 Å². The number of hydrogen-bond acceptors (Lipinski definition) is 5. The Morgan fingerprint density at radius 1 is 0.583 bits per heavy atom. The highest BCUT2D eigenvalue weighted by Gasteiger charge is 2.12. The summed E-state index contributed by atoms with van der Waals surface area (Å²) in [7, 11) is 0. The van der Waals surface area contributed by atoms with Gasteiger partial charge in [0.25, 0.3) is 0 Å². The van der Waals surface area contributed by atoms with E-state index in [2.05, 4.69) is 97.3 Å². The lowest BCUT2D eigenvalue weighted by molar-refractivity contribution is 0.742. The summed E-state index contributed by atoms with van der Waals surface area (Å²) < 4.78 is 0. The van der Waals surface area contributed by atoms with Crippen molar-refractivity contribution < 1.29 is 0 Å².